The Hall–Kier alpha value is -2.44. The summed E-state index contributed by atoms with van der Waals surface area (Å²) in [6, 6.07) is 4.36. The van der Waals surface area contributed by atoms with E-state index in [0.29, 0.717) is 0 Å². The minimum absolute atomic E-state index is 0.172. The molecule has 0 aliphatic carbocycles. The van der Waals surface area contributed by atoms with Crippen LogP contribution in [0.15, 0.2) is 24.3 Å². The summed E-state index contributed by atoms with van der Waals surface area (Å²) in [7, 11) is 1.32. The molecule has 7 heteroatoms. The Bertz CT molecular complexity index is 533. The molecule has 6 nitrogen and oxygen atoms in total. The highest BCUT2D eigenvalue weighted by molar-refractivity contribution is 5.97. The monoisotopic (exact) mass is 282 g/mol. The molecule has 0 saturated heterocycles. The van der Waals surface area contributed by atoms with E-state index < -0.39 is 36.2 Å². The maximum absolute atomic E-state index is 13.3. The zero-order chi connectivity index (χ0) is 15.3. The first kappa shape index (κ1) is 15.6. The molecule has 0 heterocycles. The van der Waals surface area contributed by atoms with Gasteiger partial charge in [-0.1, -0.05) is 12.1 Å². The molecule has 0 aliphatic heterocycles. The molecular weight excluding hydrogens is 267 g/mol. The van der Waals surface area contributed by atoms with Gasteiger partial charge in [0.2, 0.25) is 5.91 Å². The first-order valence-electron chi connectivity index (χ1n) is 5.85. The van der Waals surface area contributed by atoms with E-state index in [1.807, 2.05) is 0 Å². The Kier molecular flexibility index (Phi) is 5.19. The largest absolute Gasteiger partial charge is 0.480 e. The number of nitrogens with one attached hydrogen (secondary N) is 1. The molecule has 0 radical (unpaired) electrons. The van der Waals surface area contributed by atoms with Crippen molar-refractivity contribution in [1.82, 2.24) is 10.2 Å². The topological polar surface area (TPSA) is 86.7 Å². The lowest BCUT2D eigenvalue weighted by molar-refractivity contribution is -0.147. The van der Waals surface area contributed by atoms with Gasteiger partial charge in [0, 0.05) is 7.05 Å². The molecule has 1 unspecified atom stereocenters. The molecule has 0 aliphatic rings. The van der Waals surface area contributed by atoms with Crippen molar-refractivity contribution in [1.29, 1.82) is 0 Å². The van der Waals surface area contributed by atoms with Crippen LogP contribution in [0, 0.1) is 5.82 Å². The van der Waals surface area contributed by atoms with E-state index in [1.54, 1.807) is 0 Å². The molecule has 1 atom stereocenters. The lowest BCUT2D eigenvalue weighted by atomic mass is 10.2. The second kappa shape index (κ2) is 6.65. The van der Waals surface area contributed by atoms with Crippen LogP contribution in [0.1, 0.15) is 17.3 Å². The third-order valence-electron chi connectivity index (χ3n) is 2.85. The molecule has 2 amide bonds. The van der Waals surface area contributed by atoms with Gasteiger partial charge < -0.3 is 15.3 Å². The van der Waals surface area contributed by atoms with Crippen molar-refractivity contribution < 1.29 is 23.9 Å². The number of aliphatic carboxylic acids is 1. The van der Waals surface area contributed by atoms with E-state index in [9.17, 15) is 18.8 Å². The third kappa shape index (κ3) is 3.78. The highest BCUT2D eigenvalue weighted by atomic mass is 19.1. The lowest BCUT2D eigenvalue weighted by Crippen LogP contribution is -2.45. The van der Waals surface area contributed by atoms with E-state index >= 15 is 0 Å². The van der Waals surface area contributed by atoms with Gasteiger partial charge in [0.1, 0.15) is 11.9 Å². The van der Waals surface area contributed by atoms with E-state index in [1.165, 1.54) is 32.2 Å². The van der Waals surface area contributed by atoms with Crippen molar-refractivity contribution in [2.45, 2.75) is 13.0 Å². The molecule has 20 heavy (non-hydrogen) atoms. The normalized spacial score (nSPS) is 11.6. The summed E-state index contributed by atoms with van der Waals surface area (Å²) in [6.07, 6.45) is 0. The Labute approximate surface area is 115 Å². The van der Waals surface area contributed by atoms with Gasteiger partial charge in [-0.3, -0.25) is 9.59 Å². The number of carboxylic acid groups (broad SMARTS) is 1. The van der Waals surface area contributed by atoms with Crippen LogP contribution >= 0.6 is 0 Å². The second-order valence-corrected chi connectivity index (χ2v) is 4.18. The van der Waals surface area contributed by atoms with Crippen molar-refractivity contribution in [3.05, 3.63) is 35.6 Å². The van der Waals surface area contributed by atoms with Crippen LogP contribution in [0.3, 0.4) is 0 Å². The van der Waals surface area contributed by atoms with E-state index in [-0.39, 0.29) is 5.56 Å². The Morgan fingerprint density at radius 2 is 1.95 bits per heavy atom. The molecule has 1 aromatic rings. The molecule has 1 aromatic carbocycles. The van der Waals surface area contributed by atoms with Crippen LogP contribution < -0.4 is 5.32 Å². The Morgan fingerprint density at radius 1 is 1.35 bits per heavy atom. The van der Waals surface area contributed by atoms with Crippen molar-refractivity contribution in [2.24, 2.45) is 0 Å². The number of rotatable bonds is 5. The van der Waals surface area contributed by atoms with E-state index in [2.05, 4.69) is 5.32 Å². The minimum Gasteiger partial charge on any atom is -0.480 e. The van der Waals surface area contributed by atoms with Gasteiger partial charge in [-0.25, -0.2) is 9.18 Å². The van der Waals surface area contributed by atoms with Crippen LogP contribution in [0.25, 0.3) is 0 Å². The lowest BCUT2D eigenvalue weighted by Gasteiger charge is -2.21. The number of hydrogen-bond acceptors (Lipinski definition) is 3. The summed E-state index contributed by atoms with van der Waals surface area (Å²) in [5.41, 5.74) is -0.172. The van der Waals surface area contributed by atoms with Crippen LogP contribution in [0.4, 0.5) is 4.39 Å². The van der Waals surface area contributed by atoms with Crippen molar-refractivity contribution >= 4 is 17.8 Å². The number of likely N-dealkylation sites (N-methyl/N-ethyl adjacent to an activating group) is 1. The number of carbonyl (C=O) groups excluding carboxylic acids is 2. The number of halogens is 1. The SMILES string of the molecule is CC(C(=O)O)N(C)C(=O)CNC(=O)c1ccccc1F. The molecule has 0 saturated carbocycles. The summed E-state index contributed by atoms with van der Waals surface area (Å²) in [5, 5.41) is 11.0. The number of carboxylic acids is 1. The van der Waals surface area contributed by atoms with Gasteiger partial charge >= 0.3 is 5.97 Å². The van der Waals surface area contributed by atoms with Crippen LogP contribution in [-0.2, 0) is 9.59 Å². The van der Waals surface area contributed by atoms with Gasteiger partial charge in [-0.15, -0.1) is 0 Å². The predicted molar refractivity (Wildman–Crippen MR) is 68.6 cm³/mol. The average Bonchev–Trinajstić information content (AvgIpc) is 2.43. The van der Waals surface area contributed by atoms with E-state index in [0.717, 1.165) is 11.0 Å². The highest BCUT2D eigenvalue weighted by Gasteiger charge is 2.22. The fourth-order valence-corrected chi connectivity index (χ4v) is 1.40. The maximum atomic E-state index is 13.3. The number of amides is 2. The van der Waals surface area contributed by atoms with Crippen molar-refractivity contribution in [2.75, 3.05) is 13.6 Å². The molecule has 0 spiro atoms. The molecule has 0 aromatic heterocycles. The maximum Gasteiger partial charge on any atom is 0.326 e. The molecule has 2 N–H and O–H groups in total. The zero-order valence-electron chi connectivity index (χ0n) is 11.1. The summed E-state index contributed by atoms with van der Waals surface area (Å²) in [4.78, 5) is 35.0. The van der Waals surface area contributed by atoms with Crippen molar-refractivity contribution in [3.63, 3.8) is 0 Å². The smallest absolute Gasteiger partial charge is 0.326 e. The van der Waals surface area contributed by atoms with Crippen LogP contribution in [-0.4, -0.2) is 47.4 Å². The number of benzene rings is 1. The Balaban J connectivity index is 2.60. The van der Waals surface area contributed by atoms with Gasteiger partial charge in [-0.05, 0) is 19.1 Å². The Morgan fingerprint density at radius 3 is 2.50 bits per heavy atom. The summed E-state index contributed by atoms with van der Waals surface area (Å²) in [6.45, 7) is 0.945. The molecule has 0 fully saturated rings. The molecular formula is C13H15FN2O4. The summed E-state index contributed by atoms with van der Waals surface area (Å²) in [5.74, 6) is -3.15. The molecule has 108 valence electrons. The number of carbonyl (C=O) groups is 3. The predicted octanol–water partition coefficient (Wildman–Crippen LogP) is 0.487. The van der Waals surface area contributed by atoms with Gasteiger partial charge in [0.05, 0.1) is 12.1 Å². The summed E-state index contributed by atoms with van der Waals surface area (Å²) < 4.78 is 13.3. The average molecular weight is 282 g/mol. The standard InChI is InChI=1S/C13H15FN2O4/c1-8(13(19)20)16(2)11(17)7-15-12(18)9-5-3-4-6-10(9)14/h3-6,8H,7H2,1-2H3,(H,15,18)(H,19,20). The first-order valence-corrected chi connectivity index (χ1v) is 5.85. The van der Waals surface area contributed by atoms with Crippen LogP contribution in [0.2, 0.25) is 0 Å². The van der Waals surface area contributed by atoms with Crippen LogP contribution in [0.5, 0.6) is 0 Å². The first-order chi connectivity index (χ1) is 9.34. The minimum atomic E-state index is -1.15. The van der Waals surface area contributed by atoms with E-state index in [4.69, 9.17) is 5.11 Å². The quantitative estimate of drug-likeness (QED) is 0.822. The van der Waals surface area contributed by atoms with Gasteiger partial charge in [0.15, 0.2) is 0 Å². The molecule has 0 bridgehead atoms. The second-order valence-electron chi connectivity index (χ2n) is 4.18. The fourth-order valence-electron chi connectivity index (χ4n) is 1.40. The molecule has 1 rings (SSSR count). The van der Waals surface area contributed by atoms with Gasteiger partial charge in [0.25, 0.3) is 5.91 Å². The number of nitrogens with zero attached hydrogens (tertiary/aromatic N) is 1. The zero-order valence-corrected chi connectivity index (χ0v) is 11.1. The third-order valence-corrected chi connectivity index (χ3v) is 2.85. The van der Waals surface area contributed by atoms with Gasteiger partial charge in [-0.2, -0.15) is 0 Å². The number of hydrogen-bond donors (Lipinski definition) is 2. The summed E-state index contributed by atoms with van der Waals surface area (Å²) >= 11 is 0. The highest BCUT2D eigenvalue weighted by Crippen LogP contribution is 2.05. The van der Waals surface area contributed by atoms with Crippen molar-refractivity contribution in [3.8, 4) is 0 Å². The fraction of sp³-hybridized carbons (Fsp3) is 0.308.